The fraction of sp³-hybridized carbons (Fsp3) is 0.417. The second-order valence-corrected chi connectivity index (χ2v) is 4.64. The van der Waals surface area contributed by atoms with Crippen LogP contribution in [0.25, 0.3) is 11.0 Å². The Morgan fingerprint density at radius 3 is 2.61 bits per heavy atom. The molecule has 2 aromatic rings. The van der Waals surface area contributed by atoms with Crippen LogP contribution in [0, 0.1) is 0 Å². The summed E-state index contributed by atoms with van der Waals surface area (Å²) in [5.74, 6) is 0. The largest absolute Gasteiger partial charge is 0.395 e. The fourth-order valence-corrected chi connectivity index (χ4v) is 2.26. The Morgan fingerprint density at radius 1 is 1.33 bits per heavy atom. The van der Waals surface area contributed by atoms with Gasteiger partial charge in [-0.3, -0.25) is 0 Å². The summed E-state index contributed by atoms with van der Waals surface area (Å²) in [6.07, 6.45) is 0. The van der Waals surface area contributed by atoms with E-state index >= 15 is 0 Å². The highest BCUT2D eigenvalue weighted by molar-refractivity contribution is 5.75. The quantitative estimate of drug-likeness (QED) is 0.603. The van der Waals surface area contributed by atoms with Gasteiger partial charge < -0.3 is 25.7 Å². The number of nitrogens with two attached hydrogens (primary N) is 1. The molecule has 0 aliphatic carbocycles. The van der Waals surface area contributed by atoms with Gasteiger partial charge in [0.2, 0.25) is 0 Å². The van der Waals surface area contributed by atoms with Crippen molar-refractivity contribution in [2.24, 2.45) is 5.73 Å². The van der Waals surface area contributed by atoms with Gasteiger partial charge in [0.15, 0.2) is 0 Å². The van der Waals surface area contributed by atoms with Crippen LogP contribution in [-0.2, 0) is 0 Å². The molecule has 0 spiro atoms. The van der Waals surface area contributed by atoms with Gasteiger partial charge >= 0.3 is 5.69 Å². The highest BCUT2D eigenvalue weighted by Gasteiger charge is 2.21. The number of imidazole rings is 1. The number of aromatic amines is 2. The summed E-state index contributed by atoms with van der Waals surface area (Å²) < 4.78 is 0. The minimum Gasteiger partial charge on any atom is -0.395 e. The van der Waals surface area contributed by atoms with Crippen LogP contribution in [-0.4, -0.2) is 46.7 Å². The number of nitrogens with one attached hydrogen (secondary N) is 2. The third-order valence-corrected chi connectivity index (χ3v) is 3.05. The molecular formula is C12H18N4O2. The molecule has 6 nitrogen and oxygen atoms in total. The number of hydrogen-bond acceptors (Lipinski definition) is 4. The summed E-state index contributed by atoms with van der Waals surface area (Å²) in [6, 6.07) is 5.16. The maximum atomic E-state index is 11.2. The van der Waals surface area contributed by atoms with E-state index in [1.165, 1.54) is 0 Å². The Labute approximate surface area is 104 Å². The van der Waals surface area contributed by atoms with E-state index < -0.39 is 0 Å². The van der Waals surface area contributed by atoms with Gasteiger partial charge in [-0.05, 0) is 31.8 Å². The van der Waals surface area contributed by atoms with Crippen molar-refractivity contribution in [2.75, 3.05) is 20.7 Å². The Hall–Kier alpha value is -1.63. The van der Waals surface area contributed by atoms with E-state index in [4.69, 9.17) is 5.73 Å². The number of fused-ring (bicyclic) bond motifs is 1. The number of nitrogens with zero attached hydrogens (tertiary/aromatic N) is 1. The third kappa shape index (κ3) is 2.31. The summed E-state index contributed by atoms with van der Waals surface area (Å²) in [6.45, 7) is -0.0927. The second-order valence-electron chi connectivity index (χ2n) is 4.64. The number of rotatable bonds is 4. The molecule has 0 radical (unpaired) electrons. The molecule has 2 rings (SSSR count). The average Bonchev–Trinajstić information content (AvgIpc) is 2.68. The van der Waals surface area contributed by atoms with E-state index in [1.54, 1.807) is 0 Å². The van der Waals surface area contributed by atoms with Gasteiger partial charge in [-0.1, -0.05) is 6.07 Å². The van der Waals surface area contributed by atoms with Crippen molar-refractivity contribution in [3.8, 4) is 0 Å². The molecule has 0 saturated carbocycles. The molecule has 5 N–H and O–H groups in total. The zero-order valence-corrected chi connectivity index (χ0v) is 10.5. The SMILES string of the molecule is CN(C)C(c1ccc2[nH]c(=O)[nH]c2c1)C(N)CO. The summed E-state index contributed by atoms with van der Waals surface area (Å²) in [5.41, 5.74) is 8.17. The lowest BCUT2D eigenvalue weighted by Gasteiger charge is -2.29. The molecule has 0 aliphatic heterocycles. The zero-order valence-electron chi connectivity index (χ0n) is 10.5. The first kappa shape index (κ1) is 12.8. The van der Waals surface area contributed by atoms with Crippen LogP contribution in [0.15, 0.2) is 23.0 Å². The molecule has 0 fully saturated rings. The minimum atomic E-state index is -0.372. The van der Waals surface area contributed by atoms with E-state index in [-0.39, 0.29) is 24.4 Å². The number of hydrogen-bond donors (Lipinski definition) is 4. The van der Waals surface area contributed by atoms with E-state index in [0.717, 1.165) is 16.6 Å². The third-order valence-electron chi connectivity index (χ3n) is 3.05. The van der Waals surface area contributed by atoms with Crippen molar-refractivity contribution in [1.82, 2.24) is 14.9 Å². The summed E-state index contributed by atoms with van der Waals surface area (Å²) in [7, 11) is 3.81. The average molecular weight is 250 g/mol. The predicted molar refractivity (Wildman–Crippen MR) is 70.4 cm³/mol. The van der Waals surface area contributed by atoms with Gasteiger partial charge in [-0.15, -0.1) is 0 Å². The smallest absolute Gasteiger partial charge is 0.323 e. The molecule has 6 heteroatoms. The standard InChI is InChI=1S/C12H18N4O2/c1-16(2)11(8(13)6-17)7-3-4-9-10(5-7)15-12(18)14-9/h3-5,8,11,17H,6,13H2,1-2H3,(H2,14,15,18). The minimum absolute atomic E-state index is 0.0927. The van der Waals surface area contributed by atoms with Crippen molar-refractivity contribution >= 4 is 11.0 Å². The van der Waals surface area contributed by atoms with Crippen LogP contribution in [0.5, 0.6) is 0 Å². The molecule has 1 aromatic carbocycles. The number of H-pyrrole nitrogens is 2. The molecule has 2 atom stereocenters. The van der Waals surface area contributed by atoms with E-state index in [2.05, 4.69) is 9.97 Å². The Bertz CT molecular complexity index is 587. The normalized spacial score (nSPS) is 15.2. The first-order valence-corrected chi connectivity index (χ1v) is 5.77. The molecule has 0 aliphatic rings. The summed E-state index contributed by atoms with van der Waals surface area (Å²) >= 11 is 0. The van der Waals surface area contributed by atoms with Crippen molar-refractivity contribution in [3.05, 3.63) is 34.2 Å². The van der Waals surface area contributed by atoms with E-state index in [9.17, 15) is 9.90 Å². The number of likely N-dealkylation sites (N-methyl/N-ethyl adjacent to an activating group) is 1. The highest BCUT2D eigenvalue weighted by atomic mass is 16.3. The van der Waals surface area contributed by atoms with E-state index in [0.29, 0.717) is 0 Å². The number of aromatic nitrogens is 2. The van der Waals surface area contributed by atoms with Crippen molar-refractivity contribution in [3.63, 3.8) is 0 Å². The lowest BCUT2D eigenvalue weighted by molar-refractivity contribution is 0.181. The van der Waals surface area contributed by atoms with Crippen molar-refractivity contribution < 1.29 is 5.11 Å². The zero-order chi connectivity index (χ0) is 13.3. The molecule has 2 unspecified atom stereocenters. The van der Waals surface area contributed by atoms with Crippen LogP contribution in [0.1, 0.15) is 11.6 Å². The van der Waals surface area contributed by atoms with Gasteiger partial charge in [0.25, 0.3) is 0 Å². The second kappa shape index (κ2) is 4.93. The number of aliphatic hydroxyl groups is 1. The molecule has 0 saturated heterocycles. The highest BCUT2D eigenvalue weighted by Crippen LogP contribution is 2.23. The van der Waals surface area contributed by atoms with Gasteiger partial charge in [0.1, 0.15) is 0 Å². The lowest BCUT2D eigenvalue weighted by Crippen LogP contribution is -2.39. The number of aliphatic hydroxyl groups excluding tert-OH is 1. The van der Waals surface area contributed by atoms with E-state index in [1.807, 2.05) is 37.2 Å². The van der Waals surface area contributed by atoms with Crippen LogP contribution in [0.3, 0.4) is 0 Å². The molecule has 1 heterocycles. The molecular weight excluding hydrogens is 232 g/mol. The fourth-order valence-electron chi connectivity index (χ4n) is 2.26. The Kier molecular flexibility index (Phi) is 3.51. The number of benzene rings is 1. The van der Waals surface area contributed by atoms with Crippen LogP contribution < -0.4 is 11.4 Å². The molecule has 1 aromatic heterocycles. The van der Waals surface area contributed by atoms with Crippen molar-refractivity contribution in [2.45, 2.75) is 12.1 Å². The Balaban J connectivity index is 2.47. The monoisotopic (exact) mass is 250 g/mol. The van der Waals surface area contributed by atoms with Crippen molar-refractivity contribution in [1.29, 1.82) is 0 Å². The Morgan fingerprint density at radius 2 is 2.00 bits per heavy atom. The summed E-state index contributed by atoms with van der Waals surface area (Å²) in [5, 5.41) is 9.22. The summed E-state index contributed by atoms with van der Waals surface area (Å²) in [4.78, 5) is 18.6. The maximum Gasteiger partial charge on any atom is 0.323 e. The van der Waals surface area contributed by atoms with Gasteiger partial charge in [0, 0.05) is 6.04 Å². The van der Waals surface area contributed by atoms with Gasteiger partial charge in [-0.25, -0.2) is 4.79 Å². The maximum absolute atomic E-state index is 11.2. The first-order chi connectivity index (χ1) is 8.52. The molecule has 98 valence electrons. The van der Waals surface area contributed by atoms with Gasteiger partial charge in [0.05, 0.1) is 23.7 Å². The van der Waals surface area contributed by atoms with Crippen LogP contribution >= 0.6 is 0 Å². The van der Waals surface area contributed by atoms with Crippen LogP contribution in [0.2, 0.25) is 0 Å². The molecule has 0 amide bonds. The van der Waals surface area contributed by atoms with Gasteiger partial charge in [-0.2, -0.15) is 0 Å². The molecule has 0 bridgehead atoms. The lowest BCUT2D eigenvalue weighted by atomic mass is 9.99. The first-order valence-electron chi connectivity index (χ1n) is 5.77. The molecule has 18 heavy (non-hydrogen) atoms. The topological polar surface area (TPSA) is 98.1 Å². The predicted octanol–water partition coefficient (Wildman–Crippen LogP) is -0.221. The van der Waals surface area contributed by atoms with Crippen LogP contribution in [0.4, 0.5) is 0 Å².